The number of nitrogens with zero attached hydrogens (tertiary/aromatic N) is 3. The molecule has 0 saturated carbocycles. The smallest absolute Gasteiger partial charge is 0.193 e. The Morgan fingerprint density at radius 2 is 2.17 bits per heavy atom. The lowest BCUT2D eigenvalue weighted by molar-refractivity contribution is 0.650. The summed E-state index contributed by atoms with van der Waals surface area (Å²) in [7, 11) is 0. The van der Waals surface area contributed by atoms with Crippen LogP contribution in [0.3, 0.4) is 0 Å². The molecule has 6 heteroatoms. The zero-order valence-corrected chi connectivity index (χ0v) is 15.6. The van der Waals surface area contributed by atoms with E-state index in [0.717, 1.165) is 25.1 Å². The van der Waals surface area contributed by atoms with Gasteiger partial charge in [-0.15, -0.1) is 24.0 Å². The molecule has 1 heterocycles. The molecule has 0 radical (unpaired) electrons. The summed E-state index contributed by atoms with van der Waals surface area (Å²) in [4.78, 5) is 8.44. The summed E-state index contributed by atoms with van der Waals surface area (Å²) in [5, 5.41) is 3.27. The van der Waals surface area contributed by atoms with Crippen molar-refractivity contribution in [3.63, 3.8) is 0 Å². The molecule has 1 aliphatic rings. The number of nitrogens with two attached hydrogens (primary N) is 1. The fourth-order valence-electron chi connectivity index (χ4n) is 2.95. The van der Waals surface area contributed by atoms with Gasteiger partial charge < -0.3 is 15.6 Å². The summed E-state index contributed by atoms with van der Waals surface area (Å²) in [6, 6.07) is 6.41. The summed E-state index contributed by atoms with van der Waals surface area (Å²) in [6.07, 6.45) is 11.4. The first-order chi connectivity index (χ1) is 10.8. The van der Waals surface area contributed by atoms with Crippen LogP contribution in [-0.2, 0) is 19.4 Å². The second-order valence-corrected chi connectivity index (χ2v) is 5.70. The van der Waals surface area contributed by atoms with Crippen LogP contribution in [0, 0.1) is 0 Å². The van der Waals surface area contributed by atoms with E-state index in [2.05, 4.69) is 33.5 Å². The summed E-state index contributed by atoms with van der Waals surface area (Å²) >= 11 is 0. The van der Waals surface area contributed by atoms with Gasteiger partial charge in [-0.3, -0.25) is 4.99 Å². The van der Waals surface area contributed by atoms with Gasteiger partial charge in [0.25, 0.3) is 0 Å². The number of anilines is 1. The Kier molecular flexibility index (Phi) is 6.88. The Bertz CT molecular complexity index is 636. The first-order valence-corrected chi connectivity index (χ1v) is 7.96. The van der Waals surface area contributed by atoms with Crippen LogP contribution in [0.15, 0.2) is 41.9 Å². The highest BCUT2D eigenvalue weighted by Gasteiger charge is 2.12. The number of benzene rings is 1. The van der Waals surface area contributed by atoms with E-state index in [1.807, 2.05) is 17.1 Å². The molecule has 0 unspecified atom stereocenters. The van der Waals surface area contributed by atoms with Crippen LogP contribution in [0.25, 0.3) is 0 Å². The highest BCUT2D eigenvalue weighted by molar-refractivity contribution is 14.0. The fraction of sp³-hybridized carbons (Fsp3) is 0.412. The third kappa shape index (κ3) is 4.95. The lowest BCUT2D eigenvalue weighted by Gasteiger charge is -2.19. The van der Waals surface area contributed by atoms with Gasteiger partial charge in [0.2, 0.25) is 0 Å². The Balaban J connectivity index is 0.00000192. The van der Waals surface area contributed by atoms with Crippen LogP contribution >= 0.6 is 24.0 Å². The van der Waals surface area contributed by atoms with Gasteiger partial charge in [0.1, 0.15) is 0 Å². The number of aliphatic imine (C=N–C) groups is 1. The minimum Gasteiger partial charge on any atom is -0.370 e. The number of guanidine groups is 1. The van der Waals surface area contributed by atoms with E-state index in [-0.39, 0.29) is 24.0 Å². The van der Waals surface area contributed by atoms with Gasteiger partial charge in [-0.05, 0) is 49.3 Å². The monoisotopic (exact) mass is 425 g/mol. The van der Waals surface area contributed by atoms with Crippen molar-refractivity contribution >= 4 is 35.6 Å². The molecule has 124 valence electrons. The molecule has 3 rings (SSSR count). The third-order valence-electron chi connectivity index (χ3n) is 4.07. The van der Waals surface area contributed by atoms with Gasteiger partial charge in [-0.2, -0.15) is 0 Å². The SMILES string of the molecule is I.NC(=NCCCn1ccnc1)Nc1cccc2c1CCCC2. The predicted octanol–water partition coefficient (Wildman–Crippen LogP) is 3.20. The summed E-state index contributed by atoms with van der Waals surface area (Å²) < 4.78 is 2.05. The van der Waals surface area contributed by atoms with Crippen molar-refractivity contribution in [2.75, 3.05) is 11.9 Å². The Hall–Kier alpha value is -1.57. The average Bonchev–Trinajstić information content (AvgIpc) is 3.05. The van der Waals surface area contributed by atoms with Crippen LogP contribution in [-0.4, -0.2) is 22.1 Å². The second-order valence-electron chi connectivity index (χ2n) is 5.70. The topological polar surface area (TPSA) is 68.2 Å². The van der Waals surface area contributed by atoms with Gasteiger partial charge in [0, 0.05) is 31.2 Å². The number of hydrogen-bond donors (Lipinski definition) is 2. The lowest BCUT2D eigenvalue weighted by Crippen LogP contribution is -2.24. The van der Waals surface area contributed by atoms with Crippen LogP contribution in [0.5, 0.6) is 0 Å². The van der Waals surface area contributed by atoms with E-state index < -0.39 is 0 Å². The van der Waals surface area contributed by atoms with E-state index in [1.165, 1.54) is 30.4 Å². The van der Waals surface area contributed by atoms with E-state index in [0.29, 0.717) is 12.5 Å². The molecule has 0 fully saturated rings. The van der Waals surface area contributed by atoms with Crippen molar-refractivity contribution in [2.24, 2.45) is 10.7 Å². The van der Waals surface area contributed by atoms with Crippen molar-refractivity contribution in [2.45, 2.75) is 38.6 Å². The molecule has 0 aliphatic heterocycles. The van der Waals surface area contributed by atoms with E-state index in [1.54, 1.807) is 6.20 Å². The Morgan fingerprint density at radius 1 is 1.30 bits per heavy atom. The van der Waals surface area contributed by atoms with Gasteiger partial charge in [-0.1, -0.05) is 12.1 Å². The number of imidazole rings is 1. The fourth-order valence-corrected chi connectivity index (χ4v) is 2.95. The zero-order chi connectivity index (χ0) is 15.2. The first-order valence-electron chi connectivity index (χ1n) is 7.96. The molecule has 0 spiro atoms. The molecule has 0 amide bonds. The molecule has 2 aromatic rings. The van der Waals surface area contributed by atoms with Crippen molar-refractivity contribution < 1.29 is 0 Å². The van der Waals surface area contributed by atoms with Gasteiger partial charge >= 0.3 is 0 Å². The number of fused-ring (bicyclic) bond motifs is 1. The molecule has 3 N–H and O–H groups in total. The number of aryl methyl sites for hydroxylation is 2. The highest BCUT2D eigenvalue weighted by Crippen LogP contribution is 2.27. The number of rotatable bonds is 5. The molecular weight excluding hydrogens is 401 g/mol. The molecular formula is C17H24IN5. The molecule has 1 aliphatic carbocycles. The van der Waals surface area contributed by atoms with Gasteiger partial charge in [0.05, 0.1) is 6.33 Å². The molecule has 1 aromatic carbocycles. The van der Waals surface area contributed by atoms with Gasteiger partial charge in [-0.25, -0.2) is 4.98 Å². The zero-order valence-electron chi connectivity index (χ0n) is 13.2. The number of halogens is 1. The minimum absolute atomic E-state index is 0. The Labute approximate surface area is 154 Å². The van der Waals surface area contributed by atoms with Crippen LogP contribution in [0.1, 0.15) is 30.4 Å². The summed E-state index contributed by atoms with van der Waals surface area (Å²) in [5.41, 5.74) is 9.99. The molecule has 23 heavy (non-hydrogen) atoms. The van der Waals surface area contributed by atoms with Crippen molar-refractivity contribution in [1.82, 2.24) is 9.55 Å². The van der Waals surface area contributed by atoms with E-state index in [4.69, 9.17) is 5.73 Å². The molecule has 0 saturated heterocycles. The molecule has 1 aromatic heterocycles. The van der Waals surface area contributed by atoms with E-state index in [9.17, 15) is 0 Å². The van der Waals surface area contributed by atoms with Crippen molar-refractivity contribution in [3.8, 4) is 0 Å². The maximum absolute atomic E-state index is 6.02. The van der Waals surface area contributed by atoms with Crippen LogP contribution < -0.4 is 11.1 Å². The predicted molar refractivity (Wildman–Crippen MR) is 105 cm³/mol. The number of hydrogen-bond acceptors (Lipinski definition) is 2. The first kappa shape index (κ1) is 17.8. The standard InChI is InChI=1S/C17H23N5.HI/c18-17(20-9-4-11-22-12-10-19-13-22)21-16-8-3-6-14-5-1-2-7-15(14)16;/h3,6,8,10,12-13H,1-2,4-5,7,9,11H2,(H3,18,20,21);1H. The van der Waals surface area contributed by atoms with Crippen molar-refractivity contribution in [1.29, 1.82) is 0 Å². The average molecular weight is 425 g/mol. The second kappa shape index (κ2) is 8.90. The minimum atomic E-state index is 0. The molecule has 5 nitrogen and oxygen atoms in total. The summed E-state index contributed by atoms with van der Waals surface area (Å²) in [5.74, 6) is 0.504. The molecule has 0 atom stereocenters. The molecule has 0 bridgehead atoms. The van der Waals surface area contributed by atoms with Crippen LogP contribution in [0.4, 0.5) is 5.69 Å². The van der Waals surface area contributed by atoms with Crippen molar-refractivity contribution in [3.05, 3.63) is 48.0 Å². The highest BCUT2D eigenvalue weighted by atomic mass is 127. The van der Waals surface area contributed by atoms with Crippen LogP contribution in [0.2, 0.25) is 0 Å². The lowest BCUT2D eigenvalue weighted by atomic mass is 9.90. The van der Waals surface area contributed by atoms with E-state index >= 15 is 0 Å². The largest absolute Gasteiger partial charge is 0.370 e. The van der Waals surface area contributed by atoms with Gasteiger partial charge in [0.15, 0.2) is 5.96 Å². The number of nitrogens with one attached hydrogen (secondary N) is 1. The summed E-state index contributed by atoms with van der Waals surface area (Å²) in [6.45, 7) is 1.63. The maximum atomic E-state index is 6.02. The quantitative estimate of drug-likeness (QED) is 0.335. The maximum Gasteiger partial charge on any atom is 0.193 e. The number of aromatic nitrogens is 2. The Morgan fingerprint density at radius 3 is 3.00 bits per heavy atom. The third-order valence-corrected chi connectivity index (χ3v) is 4.07. The normalized spacial score (nSPS) is 14.0.